The van der Waals surface area contributed by atoms with Gasteiger partial charge in [-0.05, 0) is 109 Å². The monoisotopic (exact) mass is 1440 g/mol. The van der Waals surface area contributed by atoms with E-state index in [1.54, 1.807) is 115 Å². The van der Waals surface area contributed by atoms with Crippen LogP contribution in [0.25, 0.3) is 0 Å². The standard InChI is InChI=1S/C81H68O25/c82-61-58(46-95-80-68(104-77(90)56-42-24-8-25-43-56)65(101-74(87)53-36-18-5-19-37-53)62(99-72(85)51-32-14-3-15-33-51)59(97-80)47-93-70(83)49-28-10-1-11-29-49)96-79(92)67(103-76(89)55-40-22-7-23-41-55)64(61)106-81-69(105-78(91)57-44-26-9-27-45-57)66(102-75(88)54-38-20-6-21-39-54)63(100-73(86)52-34-16-4-17-35-52)60(98-81)48-94-71(84)50-30-12-2-13-31-50/h1-45,58-69,79-82,92H,46-48H2/t58?,59?,60?,61-,62-,63-,64?,65?,66?,67?,68?,69?,79+,80-,81+/m1/s1. The van der Waals surface area contributed by atoms with Crippen molar-refractivity contribution in [3.63, 3.8) is 0 Å². The Morgan fingerprint density at radius 1 is 0.245 bits per heavy atom. The minimum atomic E-state index is -2.34. The highest BCUT2D eigenvalue weighted by Crippen LogP contribution is 2.38. The Morgan fingerprint density at radius 3 is 0.774 bits per heavy atom. The fourth-order valence-electron chi connectivity index (χ4n) is 11.7. The van der Waals surface area contributed by atoms with E-state index in [1.165, 1.54) is 158 Å². The number of aliphatic hydroxyl groups is 2. The first-order valence-corrected chi connectivity index (χ1v) is 33.5. The minimum Gasteiger partial charge on any atom is -0.459 e. The van der Waals surface area contributed by atoms with Crippen molar-refractivity contribution >= 4 is 53.7 Å². The Morgan fingerprint density at radius 2 is 0.481 bits per heavy atom. The summed E-state index contributed by atoms with van der Waals surface area (Å²) in [5.74, 6) is -9.19. The second kappa shape index (κ2) is 35.4. The van der Waals surface area contributed by atoms with Crippen LogP contribution in [-0.2, 0) is 66.3 Å². The molecule has 2 N–H and O–H groups in total. The molecule has 0 bridgehead atoms. The molecule has 9 aromatic carbocycles. The minimum absolute atomic E-state index is 0.00902. The summed E-state index contributed by atoms with van der Waals surface area (Å²) < 4.78 is 87.8. The van der Waals surface area contributed by atoms with Crippen LogP contribution < -0.4 is 0 Å². The highest BCUT2D eigenvalue weighted by atomic mass is 16.8. The SMILES string of the molecule is O=C(OCC1O[C@@H](OCC2O[C@H](O)C(OC(=O)c3ccccc3)C(O[C@@H]3OC(COC(=O)c4ccccc4)[C@@H](OC(=O)c4ccccc4)C(OC(=O)c4ccccc4)C3OC(=O)c3ccccc3)[C@@H]2O)C(OC(=O)c2ccccc2)C(OC(=O)c2ccccc2)[C@@H]1OC(=O)c1ccccc1)c1ccccc1. The van der Waals surface area contributed by atoms with Gasteiger partial charge in [-0.1, -0.05) is 164 Å². The van der Waals surface area contributed by atoms with Gasteiger partial charge in [-0.15, -0.1) is 0 Å². The fraction of sp³-hybridized carbons (Fsp3) is 0.222. The number of hydrogen-bond donors (Lipinski definition) is 2. The van der Waals surface area contributed by atoms with Crippen LogP contribution in [0.2, 0.25) is 0 Å². The van der Waals surface area contributed by atoms with E-state index in [1.807, 2.05) is 0 Å². The van der Waals surface area contributed by atoms with Gasteiger partial charge < -0.3 is 76.5 Å². The predicted octanol–water partition coefficient (Wildman–Crippen LogP) is 9.21. The topological polar surface area (TPSA) is 323 Å². The van der Waals surface area contributed by atoms with Crippen LogP contribution in [0, 0.1) is 0 Å². The van der Waals surface area contributed by atoms with Gasteiger partial charge >= 0.3 is 53.7 Å². The number of aliphatic hydroxyl groups excluding tert-OH is 2. The lowest BCUT2D eigenvalue weighted by atomic mass is 9.95. The van der Waals surface area contributed by atoms with Crippen LogP contribution in [0.15, 0.2) is 273 Å². The average molecular weight is 1440 g/mol. The number of esters is 9. The molecule has 3 fully saturated rings. The largest absolute Gasteiger partial charge is 0.459 e. The maximum Gasteiger partial charge on any atom is 0.338 e. The molecule has 25 heteroatoms. The molecular weight excluding hydrogens is 1370 g/mol. The fourth-order valence-corrected chi connectivity index (χ4v) is 11.7. The molecule has 0 aromatic heterocycles. The molecule has 3 saturated heterocycles. The van der Waals surface area contributed by atoms with E-state index in [4.69, 9.17) is 66.3 Å². The van der Waals surface area contributed by atoms with E-state index in [0.29, 0.717) is 0 Å². The summed E-state index contributed by atoms with van der Waals surface area (Å²) in [6, 6.07) is 68.2. The van der Waals surface area contributed by atoms with Gasteiger partial charge in [0.2, 0.25) is 0 Å². The van der Waals surface area contributed by atoms with Crippen LogP contribution in [0.5, 0.6) is 0 Å². The number of benzene rings is 9. The smallest absolute Gasteiger partial charge is 0.338 e. The maximum absolute atomic E-state index is 14.7. The molecule has 0 aliphatic carbocycles. The first-order chi connectivity index (χ1) is 51.6. The van der Waals surface area contributed by atoms with E-state index >= 15 is 0 Å². The number of rotatable bonds is 25. The molecule has 12 rings (SSSR count). The van der Waals surface area contributed by atoms with Crippen molar-refractivity contribution in [2.45, 2.75) is 92.1 Å². The lowest BCUT2D eigenvalue weighted by Gasteiger charge is -2.48. The number of ether oxygens (including phenoxy) is 14. The van der Waals surface area contributed by atoms with Gasteiger partial charge in [0.05, 0.1) is 56.7 Å². The highest BCUT2D eigenvalue weighted by Gasteiger charge is 2.59. The Bertz CT molecular complexity index is 4430. The molecule has 0 amide bonds. The molecule has 106 heavy (non-hydrogen) atoms. The van der Waals surface area contributed by atoms with Crippen LogP contribution in [0.3, 0.4) is 0 Å². The molecule has 0 spiro atoms. The molecule has 25 nitrogen and oxygen atoms in total. The van der Waals surface area contributed by atoms with E-state index in [9.17, 15) is 53.4 Å². The van der Waals surface area contributed by atoms with E-state index < -0.39 is 166 Å². The number of hydrogen-bond acceptors (Lipinski definition) is 25. The second-order valence-electron chi connectivity index (χ2n) is 24.2. The zero-order valence-electron chi connectivity index (χ0n) is 56.0. The third kappa shape index (κ3) is 18.5. The predicted molar refractivity (Wildman–Crippen MR) is 368 cm³/mol. The van der Waals surface area contributed by atoms with Gasteiger partial charge in [0.1, 0.15) is 43.7 Å². The van der Waals surface area contributed by atoms with E-state index in [-0.39, 0.29) is 50.1 Å². The highest BCUT2D eigenvalue weighted by molar-refractivity contribution is 5.94. The summed E-state index contributed by atoms with van der Waals surface area (Å²) >= 11 is 0. The lowest BCUT2D eigenvalue weighted by molar-refractivity contribution is -0.359. The first kappa shape index (κ1) is 73.7. The van der Waals surface area contributed by atoms with Crippen LogP contribution in [-0.4, -0.2) is 176 Å². The van der Waals surface area contributed by atoms with Gasteiger partial charge in [-0.25, -0.2) is 43.2 Å². The zero-order valence-corrected chi connectivity index (χ0v) is 56.0. The molecule has 542 valence electrons. The van der Waals surface area contributed by atoms with Crippen LogP contribution >= 0.6 is 0 Å². The quantitative estimate of drug-likeness (QED) is 0.0397. The molecular formula is C81H68O25. The molecule has 3 aliphatic heterocycles. The summed E-state index contributed by atoms with van der Waals surface area (Å²) in [4.78, 5) is 129. The van der Waals surface area contributed by atoms with E-state index in [0.717, 1.165) is 0 Å². The van der Waals surface area contributed by atoms with Crippen molar-refractivity contribution in [2.24, 2.45) is 0 Å². The molecule has 3 aliphatic rings. The van der Waals surface area contributed by atoms with Crippen molar-refractivity contribution in [3.05, 3.63) is 323 Å². The molecule has 9 aromatic rings. The van der Waals surface area contributed by atoms with Crippen LogP contribution in [0.4, 0.5) is 0 Å². The molecule has 9 unspecified atom stereocenters. The second-order valence-corrected chi connectivity index (χ2v) is 24.2. The normalized spacial score (nSPS) is 23.9. The Hall–Kier alpha value is -12.1. The molecule has 15 atom stereocenters. The van der Waals surface area contributed by atoms with E-state index in [2.05, 4.69) is 0 Å². The molecule has 0 saturated carbocycles. The lowest BCUT2D eigenvalue weighted by Crippen LogP contribution is -2.67. The summed E-state index contributed by atoms with van der Waals surface area (Å²) in [6.45, 7) is -2.59. The third-order valence-electron chi connectivity index (χ3n) is 17.1. The zero-order chi connectivity index (χ0) is 73.9. The number of carbonyl (C=O) groups excluding carboxylic acids is 9. The summed E-state index contributed by atoms with van der Waals surface area (Å²) in [7, 11) is 0. The third-order valence-corrected chi connectivity index (χ3v) is 17.1. The summed E-state index contributed by atoms with van der Waals surface area (Å²) in [5, 5.41) is 25.5. The average Bonchev–Trinajstić information content (AvgIpc) is 0.770. The van der Waals surface area contributed by atoms with Gasteiger partial charge in [0, 0.05) is 0 Å². The maximum atomic E-state index is 14.7. The van der Waals surface area contributed by atoms with Crippen molar-refractivity contribution in [1.29, 1.82) is 0 Å². The van der Waals surface area contributed by atoms with Gasteiger partial charge in [0.15, 0.2) is 61.6 Å². The Labute approximate surface area is 605 Å². The van der Waals surface area contributed by atoms with Crippen molar-refractivity contribution in [3.8, 4) is 0 Å². The van der Waals surface area contributed by atoms with Crippen molar-refractivity contribution < 1.29 is 120 Å². The summed E-state index contributed by atoms with van der Waals surface area (Å²) in [5.41, 5.74) is -0.113. The molecule has 3 heterocycles. The first-order valence-electron chi connectivity index (χ1n) is 33.5. The molecule has 0 radical (unpaired) electrons. The van der Waals surface area contributed by atoms with Crippen molar-refractivity contribution in [1.82, 2.24) is 0 Å². The van der Waals surface area contributed by atoms with Gasteiger partial charge in [-0.3, -0.25) is 0 Å². The van der Waals surface area contributed by atoms with Crippen molar-refractivity contribution in [2.75, 3.05) is 19.8 Å². The van der Waals surface area contributed by atoms with Gasteiger partial charge in [0.25, 0.3) is 0 Å². The van der Waals surface area contributed by atoms with Gasteiger partial charge in [-0.2, -0.15) is 0 Å². The number of carbonyl (C=O) groups is 9. The summed E-state index contributed by atoms with van der Waals surface area (Å²) in [6.07, 6.45) is -30.3. The van der Waals surface area contributed by atoms with Crippen LogP contribution in [0.1, 0.15) is 93.2 Å². The Kier molecular flexibility index (Phi) is 24.6. The Balaban J connectivity index is 0.945.